The molecule has 0 unspecified atom stereocenters. The molecule has 0 aliphatic carbocycles. The lowest BCUT2D eigenvalue weighted by molar-refractivity contribution is -0.142. The summed E-state index contributed by atoms with van der Waals surface area (Å²) in [5.74, 6) is -2.78. The first kappa shape index (κ1) is 26.6. The zero-order valence-corrected chi connectivity index (χ0v) is 19.0. The molecule has 1 aliphatic rings. The molecule has 1 fully saturated rings. The van der Waals surface area contributed by atoms with E-state index >= 15 is 0 Å². The Morgan fingerprint density at radius 2 is 1.85 bits per heavy atom. The summed E-state index contributed by atoms with van der Waals surface area (Å²) in [6.45, 7) is 0.541. The van der Waals surface area contributed by atoms with Gasteiger partial charge in [-0.25, -0.2) is 4.79 Å². The summed E-state index contributed by atoms with van der Waals surface area (Å²) in [6.07, 6.45) is 2.28. The molecule has 34 heavy (non-hydrogen) atoms. The zero-order valence-electron chi connectivity index (χ0n) is 19.0. The molecular weight excluding hydrogens is 442 g/mol. The molecule has 0 bridgehead atoms. The second-order valence-corrected chi connectivity index (χ2v) is 8.02. The van der Waals surface area contributed by atoms with Crippen molar-refractivity contribution in [3.63, 3.8) is 0 Å². The number of carboxylic acids is 1. The SMILES string of the molecule is NC(N)=NCCC[C@H](NC(=O)CNC(=O)[C@H](Cc1ccccc1)NC(=O)[C@@H]1CCCN1)C(=O)O. The lowest BCUT2D eigenvalue weighted by atomic mass is 10.0. The minimum Gasteiger partial charge on any atom is -0.480 e. The number of amides is 3. The number of carboxylic acid groups (broad SMARTS) is 1. The monoisotopic (exact) mass is 475 g/mol. The number of carbonyl (C=O) groups is 4. The van der Waals surface area contributed by atoms with Crippen LogP contribution in [0.3, 0.4) is 0 Å². The molecule has 186 valence electrons. The van der Waals surface area contributed by atoms with Gasteiger partial charge < -0.3 is 37.8 Å². The highest BCUT2D eigenvalue weighted by Gasteiger charge is 2.28. The number of nitrogens with two attached hydrogens (primary N) is 2. The van der Waals surface area contributed by atoms with Gasteiger partial charge in [-0.3, -0.25) is 19.4 Å². The van der Waals surface area contributed by atoms with Gasteiger partial charge in [0.25, 0.3) is 0 Å². The third kappa shape index (κ3) is 9.45. The average molecular weight is 476 g/mol. The molecule has 0 saturated carbocycles. The predicted octanol–water partition coefficient (Wildman–Crippen LogP) is -1.79. The van der Waals surface area contributed by atoms with E-state index in [4.69, 9.17) is 11.5 Å². The van der Waals surface area contributed by atoms with Crippen LogP contribution in [0.5, 0.6) is 0 Å². The molecule has 3 amide bonds. The number of aliphatic imine (C=N–C) groups is 1. The van der Waals surface area contributed by atoms with Crippen molar-refractivity contribution in [2.24, 2.45) is 16.5 Å². The molecule has 1 saturated heterocycles. The molecule has 3 atom stereocenters. The molecule has 1 aliphatic heterocycles. The normalized spacial score (nSPS) is 16.6. The topological polar surface area (TPSA) is 201 Å². The number of benzene rings is 1. The summed E-state index contributed by atoms with van der Waals surface area (Å²) < 4.78 is 0. The average Bonchev–Trinajstić information content (AvgIpc) is 3.34. The summed E-state index contributed by atoms with van der Waals surface area (Å²) >= 11 is 0. The number of nitrogens with one attached hydrogen (secondary N) is 4. The molecule has 1 heterocycles. The molecule has 9 N–H and O–H groups in total. The van der Waals surface area contributed by atoms with Gasteiger partial charge in [0.15, 0.2) is 5.96 Å². The van der Waals surface area contributed by atoms with E-state index in [-0.39, 0.29) is 37.3 Å². The van der Waals surface area contributed by atoms with E-state index in [1.54, 1.807) is 0 Å². The maximum absolute atomic E-state index is 12.8. The van der Waals surface area contributed by atoms with Crippen LogP contribution in [0.4, 0.5) is 0 Å². The number of nitrogens with zero attached hydrogens (tertiary/aromatic N) is 1. The quantitative estimate of drug-likeness (QED) is 0.0984. The van der Waals surface area contributed by atoms with Crippen molar-refractivity contribution in [1.82, 2.24) is 21.3 Å². The van der Waals surface area contributed by atoms with Crippen molar-refractivity contribution in [3.05, 3.63) is 35.9 Å². The van der Waals surface area contributed by atoms with E-state index in [1.807, 2.05) is 30.3 Å². The first-order chi connectivity index (χ1) is 16.3. The van der Waals surface area contributed by atoms with Crippen LogP contribution in [0.2, 0.25) is 0 Å². The maximum atomic E-state index is 12.8. The number of rotatable bonds is 13. The van der Waals surface area contributed by atoms with E-state index in [1.165, 1.54) is 0 Å². The number of carbonyl (C=O) groups excluding carboxylic acids is 3. The highest BCUT2D eigenvalue weighted by atomic mass is 16.4. The van der Waals surface area contributed by atoms with Crippen LogP contribution in [0.1, 0.15) is 31.2 Å². The molecule has 12 heteroatoms. The van der Waals surface area contributed by atoms with E-state index in [0.717, 1.165) is 18.5 Å². The van der Waals surface area contributed by atoms with E-state index in [0.29, 0.717) is 12.8 Å². The van der Waals surface area contributed by atoms with E-state index < -0.39 is 36.4 Å². The number of aliphatic carboxylic acids is 1. The minimum atomic E-state index is -1.21. The van der Waals surface area contributed by atoms with Crippen molar-refractivity contribution >= 4 is 29.7 Å². The number of hydrogen-bond acceptors (Lipinski definition) is 6. The van der Waals surface area contributed by atoms with Gasteiger partial charge in [0, 0.05) is 13.0 Å². The number of guanidine groups is 1. The molecule has 1 aromatic rings. The minimum absolute atomic E-state index is 0.0977. The Hall–Kier alpha value is -3.67. The fourth-order valence-electron chi connectivity index (χ4n) is 3.54. The first-order valence-electron chi connectivity index (χ1n) is 11.2. The number of hydrogen-bond donors (Lipinski definition) is 7. The summed E-state index contributed by atoms with van der Waals surface area (Å²) in [4.78, 5) is 52.8. The van der Waals surface area contributed by atoms with Crippen molar-refractivity contribution in [2.45, 2.75) is 50.2 Å². The zero-order chi connectivity index (χ0) is 24.9. The predicted molar refractivity (Wildman–Crippen MR) is 126 cm³/mol. The lowest BCUT2D eigenvalue weighted by Gasteiger charge is -2.21. The van der Waals surface area contributed by atoms with Crippen LogP contribution in [0, 0.1) is 0 Å². The maximum Gasteiger partial charge on any atom is 0.326 e. The second kappa shape index (κ2) is 13.8. The summed E-state index contributed by atoms with van der Waals surface area (Å²) in [5, 5.41) is 20.0. The van der Waals surface area contributed by atoms with E-state index in [9.17, 15) is 24.3 Å². The van der Waals surface area contributed by atoms with Crippen LogP contribution in [-0.4, -0.2) is 72.5 Å². The van der Waals surface area contributed by atoms with Crippen molar-refractivity contribution in [3.8, 4) is 0 Å². The Kier molecular flexibility index (Phi) is 10.8. The van der Waals surface area contributed by atoms with Crippen molar-refractivity contribution in [1.29, 1.82) is 0 Å². The van der Waals surface area contributed by atoms with E-state index in [2.05, 4.69) is 26.3 Å². The fraction of sp³-hybridized carbons (Fsp3) is 0.500. The smallest absolute Gasteiger partial charge is 0.326 e. The highest BCUT2D eigenvalue weighted by Crippen LogP contribution is 2.08. The van der Waals surface area contributed by atoms with Gasteiger partial charge >= 0.3 is 5.97 Å². The first-order valence-corrected chi connectivity index (χ1v) is 11.2. The standard InChI is InChI=1S/C22H33N7O5/c23-22(24)26-11-5-9-16(21(33)34)28-18(30)13-27-19(31)17(12-14-6-2-1-3-7-14)29-20(32)15-8-4-10-25-15/h1-3,6-7,15-17,25H,4-5,8-13H2,(H,27,31)(H,28,30)(H,29,32)(H,33,34)(H4,23,24,26)/t15-,16-,17-/m0/s1. The van der Waals surface area contributed by atoms with Gasteiger partial charge in [-0.2, -0.15) is 0 Å². The summed E-state index contributed by atoms with van der Waals surface area (Å²) in [7, 11) is 0. The fourth-order valence-corrected chi connectivity index (χ4v) is 3.54. The Labute approximate surface area is 197 Å². The van der Waals surface area contributed by atoms with Crippen LogP contribution in [-0.2, 0) is 25.6 Å². The van der Waals surface area contributed by atoms with Crippen LogP contribution < -0.4 is 32.7 Å². The van der Waals surface area contributed by atoms with Gasteiger partial charge in [0.05, 0.1) is 12.6 Å². The van der Waals surface area contributed by atoms with Gasteiger partial charge in [-0.1, -0.05) is 30.3 Å². The third-order valence-electron chi connectivity index (χ3n) is 5.29. The molecule has 1 aromatic carbocycles. The Balaban J connectivity index is 1.91. The molecule has 12 nitrogen and oxygen atoms in total. The lowest BCUT2D eigenvalue weighted by Crippen LogP contribution is -2.54. The van der Waals surface area contributed by atoms with Gasteiger partial charge in [-0.15, -0.1) is 0 Å². The van der Waals surface area contributed by atoms with Crippen LogP contribution in [0.25, 0.3) is 0 Å². The van der Waals surface area contributed by atoms with Gasteiger partial charge in [-0.05, 0) is 37.8 Å². The second-order valence-electron chi connectivity index (χ2n) is 8.02. The van der Waals surface area contributed by atoms with Gasteiger partial charge in [0.1, 0.15) is 12.1 Å². The third-order valence-corrected chi connectivity index (χ3v) is 5.29. The summed E-state index contributed by atoms with van der Waals surface area (Å²) in [5.41, 5.74) is 11.3. The van der Waals surface area contributed by atoms with Crippen LogP contribution >= 0.6 is 0 Å². The van der Waals surface area contributed by atoms with Crippen LogP contribution in [0.15, 0.2) is 35.3 Å². The highest BCUT2D eigenvalue weighted by molar-refractivity contribution is 5.92. The van der Waals surface area contributed by atoms with Crippen molar-refractivity contribution < 1.29 is 24.3 Å². The van der Waals surface area contributed by atoms with Crippen molar-refractivity contribution in [2.75, 3.05) is 19.6 Å². The van der Waals surface area contributed by atoms with Gasteiger partial charge in [0.2, 0.25) is 17.7 Å². The molecule has 2 rings (SSSR count). The Bertz CT molecular complexity index is 868. The molecule has 0 aromatic heterocycles. The molecule has 0 radical (unpaired) electrons. The largest absolute Gasteiger partial charge is 0.480 e. The molecular formula is C22H33N7O5. The Morgan fingerprint density at radius 3 is 2.47 bits per heavy atom. The summed E-state index contributed by atoms with van der Waals surface area (Å²) in [6, 6.07) is 6.80. The Morgan fingerprint density at radius 1 is 1.12 bits per heavy atom. The molecule has 0 spiro atoms.